The highest BCUT2D eigenvalue weighted by Crippen LogP contribution is 2.37. The molecule has 0 N–H and O–H groups in total. The minimum Gasteiger partial charge on any atom is -0.373 e. The summed E-state index contributed by atoms with van der Waals surface area (Å²) in [5.41, 5.74) is 2.76. The molecule has 0 aliphatic carbocycles. The first-order valence-electron chi connectivity index (χ1n) is 10.0. The third-order valence-corrected chi connectivity index (χ3v) is 6.05. The molecule has 0 bridgehead atoms. The lowest BCUT2D eigenvalue weighted by atomic mass is 9.99. The van der Waals surface area contributed by atoms with Crippen molar-refractivity contribution in [1.29, 1.82) is 0 Å². The van der Waals surface area contributed by atoms with Crippen LogP contribution in [0.1, 0.15) is 47.1 Å². The lowest BCUT2D eigenvalue weighted by molar-refractivity contribution is 0.110. The maximum absolute atomic E-state index is 13.0. The number of nitrogens with zero attached hydrogens (tertiary/aromatic N) is 6. The predicted molar refractivity (Wildman–Crippen MR) is 113 cm³/mol. The second-order valence-corrected chi connectivity index (χ2v) is 8.21. The van der Waals surface area contributed by atoms with E-state index in [1.54, 1.807) is 14.0 Å². The monoisotopic (exact) mass is 440 g/mol. The van der Waals surface area contributed by atoms with Gasteiger partial charge in [0.15, 0.2) is 17.0 Å². The van der Waals surface area contributed by atoms with E-state index in [2.05, 4.69) is 51.3 Å². The lowest BCUT2D eigenvalue weighted by Crippen LogP contribution is -2.25. The molecule has 5 rings (SSSR count). The summed E-state index contributed by atoms with van der Waals surface area (Å²) in [5.74, 6) is 1.47. The largest absolute Gasteiger partial charge is 0.373 e. The van der Waals surface area contributed by atoms with Crippen LogP contribution in [0, 0.1) is 13.8 Å². The van der Waals surface area contributed by atoms with Crippen LogP contribution < -0.4 is 5.56 Å². The summed E-state index contributed by atoms with van der Waals surface area (Å²) >= 11 is 6.04. The van der Waals surface area contributed by atoms with E-state index >= 15 is 0 Å². The zero-order valence-electron chi connectivity index (χ0n) is 17.4. The van der Waals surface area contributed by atoms with Gasteiger partial charge in [-0.25, -0.2) is 4.98 Å². The number of aromatic nitrogens is 6. The van der Waals surface area contributed by atoms with Gasteiger partial charge >= 0.3 is 0 Å². The van der Waals surface area contributed by atoms with Gasteiger partial charge in [-0.3, -0.25) is 9.36 Å². The summed E-state index contributed by atoms with van der Waals surface area (Å²) in [4.78, 5) is 26.0. The van der Waals surface area contributed by atoms with Crippen LogP contribution >= 0.6 is 11.6 Å². The minimum atomic E-state index is -0.257. The molecule has 10 heteroatoms. The van der Waals surface area contributed by atoms with Crippen LogP contribution in [-0.4, -0.2) is 35.8 Å². The summed E-state index contributed by atoms with van der Waals surface area (Å²) < 4.78 is 14.4. The zero-order valence-corrected chi connectivity index (χ0v) is 18.1. The van der Waals surface area contributed by atoms with E-state index in [-0.39, 0.29) is 29.4 Å². The van der Waals surface area contributed by atoms with E-state index < -0.39 is 0 Å². The number of benzene rings is 1. The number of hydrogen-bond donors (Lipinski definition) is 0. The van der Waals surface area contributed by atoms with Crippen molar-refractivity contribution in [2.24, 2.45) is 7.05 Å². The molecule has 1 aromatic carbocycles. The highest BCUT2D eigenvalue weighted by atomic mass is 35.5. The van der Waals surface area contributed by atoms with Crippen molar-refractivity contribution in [2.75, 3.05) is 6.61 Å². The van der Waals surface area contributed by atoms with Crippen molar-refractivity contribution in [3.63, 3.8) is 0 Å². The molecule has 4 heterocycles. The molecule has 9 nitrogen and oxygen atoms in total. The van der Waals surface area contributed by atoms with Crippen molar-refractivity contribution >= 4 is 22.8 Å². The molecule has 0 spiro atoms. The van der Waals surface area contributed by atoms with Crippen molar-refractivity contribution < 1.29 is 9.26 Å². The molecule has 1 aliphatic heterocycles. The molecular weight excluding hydrogens is 420 g/mol. The van der Waals surface area contributed by atoms with Gasteiger partial charge in [0.2, 0.25) is 11.2 Å². The molecule has 1 fully saturated rings. The summed E-state index contributed by atoms with van der Waals surface area (Å²) in [6.45, 7) is 4.44. The van der Waals surface area contributed by atoms with Crippen LogP contribution in [0.15, 0.2) is 33.6 Å². The van der Waals surface area contributed by atoms with Crippen LogP contribution in [-0.2, 0) is 18.3 Å². The zero-order chi connectivity index (χ0) is 21.7. The maximum atomic E-state index is 13.0. The fourth-order valence-electron chi connectivity index (χ4n) is 3.90. The number of rotatable bonds is 4. The normalized spacial score (nSPS) is 18.8. The third-order valence-electron chi connectivity index (χ3n) is 5.72. The molecule has 2 atom stereocenters. The Morgan fingerprint density at radius 1 is 1.16 bits per heavy atom. The summed E-state index contributed by atoms with van der Waals surface area (Å²) in [6, 6.07) is 8.35. The topological polar surface area (TPSA) is 101 Å². The summed E-state index contributed by atoms with van der Waals surface area (Å²) in [6.07, 6.45) is 0.792. The quantitative estimate of drug-likeness (QED) is 0.449. The second-order valence-electron chi connectivity index (χ2n) is 7.87. The van der Waals surface area contributed by atoms with Crippen LogP contribution in [0.25, 0.3) is 11.2 Å². The minimum absolute atomic E-state index is 0.0126. The molecule has 1 aliphatic rings. The van der Waals surface area contributed by atoms with Crippen LogP contribution in [0.3, 0.4) is 0 Å². The SMILES string of the molecule is Cc1ccc([C@H]2C[C@H](c3noc(Cn4c(C)nc5nc(Cl)n(C)c5c4=O)n3)CO2)cc1. The van der Waals surface area contributed by atoms with Gasteiger partial charge < -0.3 is 13.8 Å². The number of imidazole rings is 1. The Morgan fingerprint density at radius 3 is 2.71 bits per heavy atom. The van der Waals surface area contributed by atoms with Crippen molar-refractivity contribution in [3.05, 3.63) is 68.6 Å². The lowest BCUT2D eigenvalue weighted by Gasteiger charge is -2.09. The van der Waals surface area contributed by atoms with Gasteiger partial charge in [0.1, 0.15) is 12.4 Å². The fourth-order valence-corrected chi connectivity index (χ4v) is 4.07. The van der Waals surface area contributed by atoms with Gasteiger partial charge in [-0.05, 0) is 37.4 Å². The first-order chi connectivity index (χ1) is 14.9. The van der Waals surface area contributed by atoms with Gasteiger partial charge in [0, 0.05) is 13.0 Å². The Labute approximate surface area is 182 Å². The van der Waals surface area contributed by atoms with Gasteiger partial charge in [0.25, 0.3) is 5.56 Å². The predicted octanol–water partition coefficient (Wildman–Crippen LogP) is 3.08. The van der Waals surface area contributed by atoms with Crippen LogP contribution in [0.5, 0.6) is 0 Å². The van der Waals surface area contributed by atoms with Gasteiger partial charge in [-0.2, -0.15) is 9.97 Å². The molecule has 3 aromatic heterocycles. The van der Waals surface area contributed by atoms with Gasteiger partial charge in [0.05, 0.1) is 12.7 Å². The van der Waals surface area contributed by atoms with E-state index in [1.807, 2.05) is 0 Å². The van der Waals surface area contributed by atoms with Gasteiger partial charge in [-0.1, -0.05) is 35.0 Å². The average Bonchev–Trinajstić information content (AvgIpc) is 3.46. The highest BCUT2D eigenvalue weighted by molar-refractivity contribution is 6.29. The second kappa shape index (κ2) is 7.58. The molecule has 0 radical (unpaired) electrons. The smallest absolute Gasteiger partial charge is 0.280 e. The first kappa shape index (κ1) is 19.9. The molecule has 31 heavy (non-hydrogen) atoms. The number of fused-ring (bicyclic) bond motifs is 1. The van der Waals surface area contributed by atoms with Crippen molar-refractivity contribution in [3.8, 4) is 0 Å². The van der Waals surface area contributed by atoms with E-state index in [0.717, 1.165) is 12.0 Å². The number of halogens is 1. The van der Waals surface area contributed by atoms with Crippen LogP contribution in [0.2, 0.25) is 5.28 Å². The standard InChI is InChI=1S/C21H21ClN6O3/c1-11-4-6-13(7-5-11)15-8-14(10-30-15)18-24-16(31-26-18)9-28-12(2)23-19-17(20(28)29)27(3)21(22)25-19/h4-7,14-15H,8-10H2,1-3H3/t14-,15+/m0/s1. The molecular formula is C21H21ClN6O3. The molecule has 1 saturated heterocycles. The molecule has 0 saturated carbocycles. The van der Waals surface area contributed by atoms with Crippen LogP contribution in [0.4, 0.5) is 0 Å². The van der Waals surface area contributed by atoms with E-state index in [9.17, 15) is 4.79 Å². The average molecular weight is 441 g/mol. The van der Waals surface area contributed by atoms with Gasteiger partial charge in [-0.15, -0.1) is 0 Å². The number of hydrogen-bond acceptors (Lipinski definition) is 7. The summed E-state index contributed by atoms with van der Waals surface area (Å²) in [5, 5.41) is 4.35. The summed E-state index contributed by atoms with van der Waals surface area (Å²) in [7, 11) is 1.68. The number of ether oxygens (including phenoxy) is 1. The Hall–Kier alpha value is -3.04. The maximum Gasteiger partial charge on any atom is 0.280 e. The molecule has 4 aromatic rings. The third kappa shape index (κ3) is 3.53. The molecule has 0 unspecified atom stereocenters. The van der Waals surface area contributed by atoms with Crippen molar-refractivity contribution in [1.82, 2.24) is 29.2 Å². The Bertz CT molecular complexity index is 1320. The fraction of sp³-hybridized carbons (Fsp3) is 0.381. The molecule has 160 valence electrons. The van der Waals surface area contributed by atoms with E-state index in [4.69, 9.17) is 20.9 Å². The van der Waals surface area contributed by atoms with E-state index in [1.165, 1.54) is 14.7 Å². The van der Waals surface area contributed by atoms with E-state index in [0.29, 0.717) is 35.3 Å². The Morgan fingerprint density at radius 2 is 1.94 bits per heavy atom. The Kier molecular flexibility index (Phi) is 4.86. The Balaban J connectivity index is 1.37. The van der Waals surface area contributed by atoms with Crippen molar-refractivity contribution in [2.45, 2.75) is 38.8 Å². The first-order valence-corrected chi connectivity index (χ1v) is 10.4. The highest BCUT2D eigenvalue weighted by Gasteiger charge is 2.31. The number of aryl methyl sites for hydroxylation is 3. The molecule has 0 amide bonds.